The van der Waals surface area contributed by atoms with Gasteiger partial charge in [0.25, 0.3) is 0 Å². The van der Waals surface area contributed by atoms with Crippen LogP contribution in [0, 0.1) is 0 Å². The summed E-state index contributed by atoms with van der Waals surface area (Å²) >= 11 is 0. The molecule has 1 aromatic heterocycles. The first-order valence-corrected chi connectivity index (χ1v) is 7.50. The van der Waals surface area contributed by atoms with E-state index in [1.807, 2.05) is 40.1 Å². The van der Waals surface area contributed by atoms with Crippen LogP contribution < -0.4 is 0 Å². The molecule has 2 unspecified atom stereocenters. The fourth-order valence-corrected chi connectivity index (χ4v) is 2.41. The number of aliphatic hydroxyl groups is 1. The van der Waals surface area contributed by atoms with Crippen molar-refractivity contribution in [3.8, 4) is 0 Å². The normalized spacial score (nSPS) is 20.8. The standard InChI is InChI=1S/C15H25N3O4/c1-15(2,3)22-14(20)18-7-8-21-10-12(18)13(19)9-11-5-6-17(4)16-11/h5-6,12-13,19H,7-10H2,1-4H3. The molecule has 0 aromatic carbocycles. The Morgan fingerprint density at radius 2 is 2.32 bits per heavy atom. The number of carbonyl (C=O) groups is 1. The zero-order valence-electron chi connectivity index (χ0n) is 13.7. The fraction of sp³-hybridized carbons (Fsp3) is 0.733. The summed E-state index contributed by atoms with van der Waals surface area (Å²) in [5.41, 5.74) is 0.219. The van der Waals surface area contributed by atoms with Gasteiger partial charge in [0.05, 0.1) is 31.1 Å². The maximum Gasteiger partial charge on any atom is 0.410 e. The fourth-order valence-electron chi connectivity index (χ4n) is 2.41. The van der Waals surface area contributed by atoms with Crippen molar-refractivity contribution in [2.24, 2.45) is 7.05 Å². The third kappa shape index (κ3) is 4.45. The second-order valence-electron chi connectivity index (χ2n) is 6.57. The van der Waals surface area contributed by atoms with E-state index in [0.717, 1.165) is 5.69 Å². The predicted octanol–water partition coefficient (Wildman–Crippen LogP) is 0.959. The molecule has 0 spiro atoms. The topological polar surface area (TPSA) is 76.8 Å². The highest BCUT2D eigenvalue weighted by Gasteiger charge is 2.35. The largest absolute Gasteiger partial charge is 0.444 e. The molecule has 1 aromatic rings. The highest BCUT2D eigenvalue weighted by molar-refractivity contribution is 5.68. The summed E-state index contributed by atoms with van der Waals surface area (Å²) in [6, 6.07) is 1.43. The lowest BCUT2D eigenvalue weighted by Crippen LogP contribution is -2.55. The van der Waals surface area contributed by atoms with Gasteiger partial charge in [0.1, 0.15) is 5.60 Å². The summed E-state index contributed by atoms with van der Waals surface area (Å²) in [7, 11) is 1.83. The number of aryl methyl sites for hydroxylation is 1. The van der Waals surface area contributed by atoms with Crippen molar-refractivity contribution in [3.05, 3.63) is 18.0 Å². The zero-order chi connectivity index (χ0) is 16.3. The van der Waals surface area contributed by atoms with Crippen LogP contribution in [-0.2, 0) is 22.9 Å². The van der Waals surface area contributed by atoms with E-state index in [9.17, 15) is 9.90 Å². The van der Waals surface area contributed by atoms with Crippen LogP contribution in [-0.4, -0.2) is 63.4 Å². The Kier molecular flexibility index (Phi) is 5.08. The summed E-state index contributed by atoms with van der Waals surface area (Å²) in [6.45, 7) is 6.64. The van der Waals surface area contributed by atoms with Crippen molar-refractivity contribution in [2.75, 3.05) is 19.8 Å². The smallest absolute Gasteiger partial charge is 0.410 e. The molecule has 0 radical (unpaired) electrons. The molecule has 2 rings (SSSR count). The molecule has 2 atom stereocenters. The first-order chi connectivity index (χ1) is 10.3. The number of hydrogen-bond donors (Lipinski definition) is 1. The molecular formula is C15H25N3O4. The Morgan fingerprint density at radius 1 is 1.59 bits per heavy atom. The van der Waals surface area contributed by atoms with Crippen LogP contribution in [0.15, 0.2) is 12.3 Å². The average molecular weight is 311 g/mol. The first kappa shape index (κ1) is 16.8. The van der Waals surface area contributed by atoms with Crippen LogP contribution >= 0.6 is 0 Å². The van der Waals surface area contributed by atoms with Gasteiger partial charge in [-0.25, -0.2) is 4.79 Å². The zero-order valence-corrected chi connectivity index (χ0v) is 13.7. The van der Waals surface area contributed by atoms with Crippen molar-refractivity contribution < 1.29 is 19.4 Å². The number of ether oxygens (including phenoxy) is 2. The van der Waals surface area contributed by atoms with Crippen LogP contribution in [0.3, 0.4) is 0 Å². The maximum atomic E-state index is 12.3. The Balaban J connectivity index is 2.03. The van der Waals surface area contributed by atoms with E-state index in [4.69, 9.17) is 9.47 Å². The van der Waals surface area contributed by atoms with Crippen LogP contribution in [0.2, 0.25) is 0 Å². The molecule has 1 aliphatic heterocycles. The number of hydrogen-bond acceptors (Lipinski definition) is 5. The summed E-state index contributed by atoms with van der Waals surface area (Å²) in [6.07, 6.45) is 1.03. The van der Waals surface area contributed by atoms with Crippen molar-refractivity contribution in [3.63, 3.8) is 0 Å². The van der Waals surface area contributed by atoms with Gasteiger partial charge in [0, 0.05) is 26.2 Å². The van der Waals surface area contributed by atoms with Gasteiger partial charge in [-0.15, -0.1) is 0 Å². The van der Waals surface area contributed by atoms with Gasteiger partial charge in [-0.1, -0.05) is 0 Å². The minimum atomic E-state index is -0.747. The Hall–Kier alpha value is -1.60. The molecule has 1 N–H and O–H groups in total. The van der Waals surface area contributed by atoms with Crippen LogP contribution in [0.4, 0.5) is 4.79 Å². The number of aromatic nitrogens is 2. The third-order valence-corrected chi connectivity index (χ3v) is 3.42. The molecule has 1 amide bonds. The van der Waals surface area contributed by atoms with Gasteiger partial charge in [-0.2, -0.15) is 5.10 Å². The number of aliphatic hydroxyl groups excluding tert-OH is 1. The molecule has 0 saturated carbocycles. The molecule has 1 aliphatic rings. The highest BCUT2D eigenvalue weighted by atomic mass is 16.6. The number of carbonyl (C=O) groups excluding carboxylic acids is 1. The maximum absolute atomic E-state index is 12.3. The lowest BCUT2D eigenvalue weighted by Gasteiger charge is -2.38. The van der Waals surface area contributed by atoms with Crippen LogP contribution in [0.5, 0.6) is 0 Å². The summed E-state index contributed by atoms with van der Waals surface area (Å²) in [5, 5.41) is 14.7. The molecular weight excluding hydrogens is 286 g/mol. The molecule has 0 bridgehead atoms. The number of amides is 1. The molecule has 7 nitrogen and oxygen atoms in total. The van der Waals surface area contributed by atoms with E-state index in [-0.39, 0.29) is 0 Å². The quantitative estimate of drug-likeness (QED) is 0.900. The third-order valence-electron chi connectivity index (χ3n) is 3.42. The Labute approximate surface area is 130 Å². The number of morpholine rings is 1. The summed E-state index contributed by atoms with van der Waals surface area (Å²) in [5.74, 6) is 0. The van der Waals surface area contributed by atoms with Gasteiger partial charge in [-0.05, 0) is 26.8 Å². The highest BCUT2D eigenvalue weighted by Crippen LogP contribution is 2.18. The molecule has 0 aliphatic carbocycles. The first-order valence-electron chi connectivity index (χ1n) is 7.50. The minimum absolute atomic E-state index is 0.299. The van der Waals surface area contributed by atoms with E-state index >= 15 is 0 Å². The number of rotatable bonds is 3. The molecule has 1 saturated heterocycles. The van der Waals surface area contributed by atoms with Crippen LogP contribution in [0.25, 0.3) is 0 Å². The lowest BCUT2D eigenvalue weighted by atomic mass is 10.0. The van der Waals surface area contributed by atoms with E-state index in [1.165, 1.54) is 0 Å². The lowest BCUT2D eigenvalue weighted by molar-refractivity contribution is -0.0661. The second-order valence-corrected chi connectivity index (χ2v) is 6.57. The second kappa shape index (κ2) is 6.66. The average Bonchev–Trinajstić information content (AvgIpc) is 2.82. The Bertz CT molecular complexity index is 509. The van der Waals surface area contributed by atoms with Gasteiger partial charge in [0.15, 0.2) is 0 Å². The molecule has 7 heteroatoms. The monoisotopic (exact) mass is 311 g/mol. The van der Waals surface area contributed by atoms with Crippen LogP contribution in [0.1, 0.15) is 26.5 Å². The van der Waals surface area contributed by atoms with Crippen molar-refractivity contribution in [1.82, 2.24) is 14.7 Å². The number of nitrogens with zero attached hydrogens (tertiary/aromatic N) is 3. The van der Waals surface area contributed by atoms with E-state index in [2.05, 4.69) is 5.10 Å². The van der Waals surface area contributed by atoms with Crippen molar-refractivity contribution in [2.45, 2.75) is 44.9 Å². The Morgan fingerprint density at radius 3 is 2.91 bits per heavy atom. The summed E-state index contributed by atoms with van der Waals surface area (Å²) in [4.78, 5) is 13.9. The van der Waals surface area contributed by atoms with E-state index in [0.29, 0.717) is 26.2 Å². The van der Waals surface area contributed by atoms with E-state index < -0.39 is 23.8 Å². The summed E-state index contributed by atoms with van der Waals surface area (Å²) < 4.78 is 12.5. The predicted molar refractivity (Wildman–Crippen MR) is 80.5 cm³/mol. The SMILES string of the molecule is Cn1ccc(CC(O)C2COCCN2C(=O)OC(C)(C)C)n1. The van der Waals surface area contributed by atoms with Gasteiger partial charge < -0.3 is 14.6 Å². The molecule has 1 fully saturated rings. The molecule has 22 heavy (non-hydrogen) atoms. The molecule has 124 valence electrons. The van der Waals surface area contributed by atoms with Gasteiger partial charge >= 0.3 is 6.09 Å². The van der Waals surface area contributed by atoms with E-state index in [1.54, 1.807) is 9.58 Å². The molecule has 2 heterocycles. The van der Waals surface area contributed by atoms with Crippen molar-refractivity contribution in [1.29, 1.82) is 0 Å². The van der Waals surface area contributed by atoms with Crippen molar-refractivity contribution >= 4 is 6.09 Å². The van der Waals surface area contributed by atoms with Gasteiger partial charge in [-0.3, -0.25) is 9.58 Å². The van der Waals surface area contributed by atoms with Gasteiger partial charge in [0.2, 0.25) is 0 Å². The minimum Gasteiger partial charge on any atom is -0.444 e.